The van der Waals surface area contributed by atoms with Crippen molar-refractivity contribution >= 4 is 34.9 Å². The lowest BCUT2D eigenvalue weighted by Gasteiger charge is -2.30. The summed E-state index contributed by atoms with van der Waals surface area (Å²) in [7, 11) is 0. The molecule has 104 valence electrons. The Hall–Kier alpha value is -1.01. The van der Waals surface area contributed by atoms with Gasteiger partial charge in [-0.25, -0.2) is 0 Å². The van der Waals surface area contributed by atoms with Gasteiger partial charge in [0.1, 0.15) is 6.04 Å². The first kappa shape index (κ1) is 14.4. The Labute approximate surface area is 120 Å². The van der Waals surface area contributed by atoms with Crippen molar-refractivity contribution in [2.75, 3.05) is 31.2 Å². The highest BCUT2D eigenvalue weighted by Crippen LogP contribution is 2.34. The summed E-state index contributed by atoms with van der Waals surface area (Å²) in [5.41, 5.74) is 6.65. The number of ether oxygens (including phenoxy) is 1. The molecule has 0 radical (unpaired) electrons. The minimum Gasteiger partial charge on any atom is -0.480 e. The molecule has 1 heterocycles. The van der Waals surface area contributed by atoms with Gasteiger partial charge in [-0.05, 0) is 12.1 Å². The monoisotopic (exact) mass is 304 g/mol. The van der Waals surface area contributed by atoms with Gasteiger partial charge >= 0.3 is 5.97 Å². The Bertz CT molecular complexity index is 490. The topological polar surface area (TPSA) is 75.8 Å². The second-order valence-electron chi connectivity index (χ2n) is 4.24. The number of morpholine rings is 1. The van der Waals surface area contributed by atoms with Crippen molar-refractivity contribution < 1.29 is 14.6 Å². The van der Waals surface area contributed by atoms with Gasteiger partial charge in [0.25, 0.3) is 0 Å². The molecule has 0 bridgehead atoms. The zero-order valence-corrected chi connectivity index (χ0v) is 11.6. The zero-order valence-electron chi connectivity index (χ0n) is 10.1. The lowest BCUT2D eigenvalue weighted by Crippen LogP contribution is -2.36. The number of rotatable bonds is 3. The fourth-order valence-electron chi connectivity index (χ4n) is 1.97. The van der Waals surface area contributed by atoms with Crippen LogP contribution in [0.3, 0.4) is 0 Å². The van der Waals surface area contributed by atoms with Crippen LogP contribution < -0.4 is 10.6 Å². The molecule has 19 heavy (non-hydrogen) atoms. The molecule has 1 aromatic carbocycles. The van der Waals surface area contributed by atoms with Crippen LogP contribution in [0, 0.1) is 0 Å². The first-order valence-electron chi connectivity index (χ1n) is 5.80. The first-order valence-corrected chi connectivity index (χ1v) is 6.56. The van der Waals surface area contributed by atoms with Gasteiger partial charge < -0.3 is 20.5 Å². The van der Waals surface area contributed by atoms with E-state index >= 15 is 0 Å². The molecule has 0 unspecified atom stereocenters. The van der Waals surface area contributed by atoms with E-state index in [9.17, 15) is 4.79 Å². The molecular weight excluding hydrogens is 291 g/mol. The van der Waals surface area contributed by atoms with E-state index < -0.39 is 12.0 Å². The predicted molar refractivity (Wildman–Crippen MR) is 74.1 cm³/mol. The molecule has 1 fully saturated rings. The molecule has 3 N–H and O–H groups in total. The van der Waals surface area contributed by atoms with Crippen LogP contribution in [-0.4, -0.2) is 37.4 Å². The molecule has 0 saturated carbocycles. The van der Waals surface area contributed by atoms with E-state index in [1.807, 2.05) is 4.90 Å². The van der Waals surface area contributed by atoms with E-state index in [0.717, 1.165) is 18.8 Å². The minimum atomic E-state index is -1.18. The maximum atomic E-state index is 10.9. The van der Waals surface area contributed by atoms with Gasteiger partial charge in [-0.1, -0.05) is 23.2 Å². The zero-order chi connectivity index (χ0) is 14.0. The number of carboxylic acids is 1. The van der Waals surface area contributed by atoms with Crippen LogP contribution >= 0.6 is 23.2 Å². The highest BCUT2D eigenvalue weighted by atomic mass is 35.5. The summed E-state index contributed by atoms with van der Waals surface area (Å²) in [6.45, 7) is 2.70. The molecule has 1 aliphatic rings. The molecule has 0 amide bonds. The van der Waals surface area contributed by atoms with E-state index in [2.05, 4.69) is 0 Å². The van der Waals surface area contributed by atoms with Crippen LogP contribution in [-0.2, 0) is 9.53 Å². The van der Waals surface area contributed by atoms with E-state index in [0.29, 0.717) is 28.8 Å². The van der Waals surface area contributed by atoms with E-state index in [-0.39, 0.29) is 0 Å². The fourth-order valence-corrected chi connectivity index (χ4v) is 2.54. The number of carboxylic acid groups (broad SMARTS) is 1. The van der Waals surface area contributed by atoms with Crippen LogP contribution in [0.15, 0.2) is 12.1 Å². The molecule has 1 atom stereocenters. The van der Waals surface area contributed by atoms with Crippen LogP contribution in [0.2, 0.25) is 10.0 Å². The summed E-state index contributed by atoms with van der Waals surface area (Å²) in [6.07, 6.45) is 0. The summed E-state index contributed by atoms with van der Waals surface area (Å²) in [5, 5.41) is 9.66. The van der Waals surface area contributed by atoms with Crippen molar-refractivity contribution in [2.45, 2.75) is 6.04 Å². The normalized spacial score (nSPS) is 17.3. The van der Waals surface area contributed by atoms with Crippen molar-refractivity contribution in [3.8, 4) is 0 Å². The minimum absolute atomic E-state index is 0.306. The molecule has 1 aliphatic heterocycles. The molecular formula is C12H14Cl2N2O3. The van der Waals surface area contributed by atoms with Crippen molar-refractivity contribution in [1.82, 2.24) is 0 Å². The van der Waals surface area contributed by atoms with Gasteiger partial charge in [-0.2, -0.15) is 0 Å². The lowest BCUT2D eigenvalue weighted by molar-refractivity contribution is -0.138. The average Bonchev–Trinajstić information content (AvgIpc) is 2.41. The van der Waals surface area contributed by atoms with Crippen LogP contribution in [0.4, 0.5) is 5.69 Å². The Balaban J connectivity index is 2.33. The predicted octanol–water partition coefficient (Wildman–Crippen LogP) is 1.91. The summed E-state index contributed by atoms with van der Waals surface area (Å²) < 4.78 is 5.27. The molecule has 7 heteroatoms. The van der Waals surface area contributed by atoms with Crippen molar-refractivity contribution in [1.29, 1.82) is 0 Å². The first-order chi connectivity index (χ1) is 9.00. The Morgan fingerprint density at radius 1 is 1.32 bits per heavy atom. The van der Waals surface area contributed by atoms with E-state index in [1.54, 1.807) is 6.07 Å². The van der Waals surface area contributed by atoms with Crippen LogP contribution in [0.5, 0.6) is 0 Å². The Morgan fingerprint density at radius 3 is 2.53 bits per heavy atom. The summed E-state index contributed by atoms with van der Waals surface area (Å²) in [4.78, 5) is 12.9. The van der Waals surface area contributed by atoms with Crippen molar-refractivity contribution in [3.05, 3.63) is 27.7 Å². The molecule has 1 aromatic rings. The largest absolute Gasteiger partial charge is 0.480 e. The van der Waals surface area contributed by atoms with Gasteiger partial charge in [0.05, 0.1) is 23.9 Å². The van der Waals surface area contributed by atoms with E-state index in [4.69, 9.17) is 38.8 Å². The maximum Gasteiger partial charge on any atom is 0.325 e. The SMILES string of the molecule is N[C@H](C(=O)O)c1cc(Cl)c(N2CCOCC2)cc1Cl. The standard InChI is InChI=1S/C12H14Cl2N2O3/c13-8-6-10(16-1-3-19-4-2-16)9(14)5-7(8)11(15)12(17)18/h5-6,11H,1-4,15H2,(H,17,18)/t11-/m0/s1. The van der Waals surface area contributed by atoms with Gasteiger partial charge in [0.2, 0.25) is 0 Å². The third-order valence-electron chi connectivity index (χ3n) is 3.02. The number of anilines is 1. The lowest BCUT2D eigenvalue weighted by atomic mass is 10.1. The third kappa shape index (κ3) is 3.12. The highest BCUT2D eigenvalue weighted by Gasteiger charge is 2.22. The quantitative estimate of drug-likeness (QED) is 0.892. The van der Waals surface area contributed by atoms with Gasteiger partial charge in [-0.3, -0.25) is 4.79 Å². The number of aliphatic carboxylic acids is 1. The molecule has 0 spiro atoms. The Kier molecular flexibility index (Phi) is 4.52. The second kappa shape index (κ2) is 5.96. The summed E-state index contributed by atoms with van der Waals surface area (Å²) in [6, 6.07) is 2.00. The second-order valence-corrected chi connectivity index (χ2v) is 5.05. The number of halogens is 2. The third-order valence-corrected chi connectivity index (χ3v) is 3.65. The van der Waals surface area contributed by atoms with Gasteiger partial charge in [-0.15, -0.1) is 0 Å². The van der Waals surface area contributed by atoms with Gasteiger partial charge in [0.15, 0.2) is 0 Å². The molecule has 5 nitrogen and oxygen atoms in total. The summed E-state index contributed by atoms with van der Waals surface area (Å²) in [5.74, 6) is -1.14. The number of nitrogens with two attached hydrogens (primary N) is 1. The molecule has 2 rings (SSSR count). The number of hydrogen-bond acceptors (Lipinski definition) is 4. The van der Waals surface area contributed by atoms with Crippen LogP contribution in [0.25, 0.3) is 0 Å². The maximum absolute atomic E-state index is 10.9. The van der Waals surface area contributed by atoms with Crippen LogP contribution in [0.1, 0.15) is 11.6 Å². The number of carbonyl (C=O) groups is 1. The molecule has 0 aliphatic carbocycles. The molecule has 0 aromatic heterocycles. The number of nitrogens with zero attached hydrogens (tertiary/aromatic N) is 1. The van der Waals surface area contributed by atoms with Crippen molar-refractivity contribution in [2.24, 2.45) is 5.73 Å². The summed E-state index contributed by atoms with van der Waals surface area (Å²) >= 11 is 12.3. The van der Waals surface area contributed by atoms with E-state index in [1.165, 1.54) is 6.07 Å². The average molecular weight is 305 g/mol. The number of benzene rings is 1. The highest BCUT2D eigenvalue weighted by molar-refractivity contribution is 6.36. The van der Waals surface area contributed by atoms with Gasteiger partial charge in [0, 0.05) is 23.7 Å². The van der Waals surface area contributed by atoms with Crippen molar-refractivity contribution in [3.63, 3.8) is 0 Å². The number of hydrogen-bond donors (Lipinski definition) is 2. The smallest absolute Gasteiger partial charge is 0.325 e. The molecule has 1 saturated heterocycles. The Morgan fingerprint density at radius 2 is 1.95 bits per heavy atom. The fraction of sp³-hybridized carbons (Fsp3) is 0.417.